The molecule has 4 heteroatoms. The summed E-state index contributed by atoms with van der Waals surface area (Å²) in [6, 6.07) is 0. The van der Waals surface area contributed by atoms with Crippen LogP contribution in [0, 0.1) is 0 Å². The van der Waals surface area contributed by atoms with Crippen molar-refractivity contribution in [1.29, 1.82) is 0 Å². The van der Waals surface area contributed by atoms with Gasteiger partial charge in [0.05, 0.1) is 17.0 Å². The predicted molar refractivity (Wildman–Crippen MR) is 27.6 cm³/mol. The topological polar surface area (TPSA) is 49.4 Å². The van der Waals surface area contributed by atoms with E-state index in [1.165, 1.54) is 0 Å². The molecule has 1 rings (SSSR count). The van der Waals surface area contributed by atoms with Gasteiger partial charge in [-0.05, 0) is 19.8 Å². The Bertz CT molecular complexity index is 118. The van der Waals surface area contributed by atoms with Gasteiger partial charge in [-0.2, -0.15) is 0 Å². The molecule has 0 heterocycles. The summed E-state index contributed by atoms with van der Waals surface area (Å²) in [4.78, 5) is 0. The molecule has 1 unspecified atom stereocenters. The van der Waals surface area contributed by atoms with Crippen LogP contribution in [0.4, 0.5) is 0 Å². The lowest BCUT2D eigenvalue weighted by Gasteiger charge is -2.10. The zero-order chi connectivity index (χ0) is 6.20. The third-order valence-corrected chi connectivity index (χ3v) is 1.76. The van der Waals surface area contributed by atoms with Crippen LogP contribution in [0.2, 0.25) is 0 Å². The monoisotopic (exact) mass is 135 g/mol. The normalized spacial score (nSPS) is 27.2. The molecular formula is C4H7O3S-. The van der Waals surface area contributed by atoms with Crippen molar-refractivity contribution < 1.29 is 12.9 Å². The fourth-order valence-electron chi connectivity index (χ4n) is 0.424. The largest absolute Gasteiger partial charge is 0.750 e. The Morgan fingerprint density at radius 3 is 2.38 bits per heavy atom. The van der Waals surface area contributed by atoms with Gasteiger partial charge in [0.25, 0.3) is 0 Å². The minimum atomic E-state index is -2.32. The van der Waals surface area contributed by atoms with Gasteiger partial charge in [0.2, 0.25) is 0 Å². The van der Waals surface area contributed by atoms with E-state index < -0.39 is 11.4 Å². The zero-order valence-corrected chi connectivity index (χ0v) is 5.36. The third-order valence-electron chi connectivity index (χ3n) is 1.22. The fraction of sp³-hybridized carbons (Fsp3) is 1.00. The van der Waals surface area contributed by atoms with Crippen molar-refractivity contribution in [2.24, 2.45) is 0 Å². The summed E-state index contributed by atoms with van der Waals surface area (Å²) < 4.78 is 24.1. The molecule has 0 bridgehead atoms. The molecular weight excluding hydrogens is 128 g/mol. The Balaban J connectivity index is 2.29. The second-order valence-electron chi connectivity index (χ2n) is 2.24. The Hall–Kier alpha value is 0.0700. The molecule has 1 fully saturated rings. The molecule has 8 heavy (non-hydrogen) atoms. The molecule has 0 amide bonds. The summed E-state index contributed by atoms with van der Waals surface area (Å²) in [5, 5.41) is 0. The molecule has 0 aromatic heterocycles. The highest BCUT2D eigenvalue weighted by atomic mass is 32.2. The molecule has 0 aromatic rings. The first-order valence-corrected chi connectivity index (χ1v) is 3.41. The fourth-order valence-corrected chi connectivity index (χ4v) is 0.919. The second kappa shape index (κ2) is 1.79. The van der Waals surface area contributed by atoms with Crippen molar-refractivity contribution in [2.75, 3.05) is 0 Å². The quantitative estimate of drug-likeness (QED) is 0.513. The Kier molecular flexibility index (Phi) is 1.38. The van der Waals surface area contributed by atoms with E-state index in [0.29, 0.717) is 0 Å². The van der Waals surface area contributed by atoms with Gasteiger partial charge < -0.3 is 4.55 Å². The van der Waals surface area contributed by atoms with Crippen LogP contribution in [0.25, 0.3) is 0 Å². The van der Waals surface area contributed by atoms with Gasteiger partial charge in [-0.25, -0.2) is 4.21 Å². The molecule has 0 saturated heterocycles. The molecule has 0 N–H and O–H groups in total. The lowest BCUT2D eigenvalue weighted by atomic mass is 10.4. The van der Waals surface area contributed by atoms with E-state index in [9.17, 15) is 8.76 Å². The first-order chi connectivity index (χ1) is 3.62. The van der Waals surface area contributed by atoms with Crippen molar-refractivity contribution in [3.8, 4) is 0 Å². The van der Waals surface area contributed by atoms with Gasteiger partial charge in [0, 0.05) is 0 Å². The number of hydrogen-bond donors (Lipinski definition) is 0. The molecule has 1 aliphatic rings. The van der Waals surface area contributed by atoms with Crippen molar-refractivity contribution >= 4 is 11.4 Å². The van der Waals surface area contributed by atoms with Crippen molar-refractivity contribution in [2.45, 2.75) is 25.4 Å². The van der Waals surface area contributed by atoms with Crippen molar-refractivity contribution in [3.05, 3.63) is 0 Å². The van der Waals surface area contributed by atoms with E-state index in [2.05, 4.69) is 4.18 Å². The van der Waals surface area contributed by atoms with E-state index in [-0.39, 0.29) is 5.60 Å². The molecule has 0 radical (unpaired) electrons. The van der Waals surface area contributed by atoms with Gasteiger partial charge in [0.1, 0.15) is 0 Å². The molecule has 0 aromatic carbocycles. The first-order valence-electron chi connectivity index (χ1n) is 2.41. The Labute approximate surface area is 50.5 Å². The smallest absolute Gasteiger partial charge is 0.0847 e. The minimum Gasteiger partial charge on any atom is -0.750 e. The maximum absolute atomic E-state index is 9.83. The summed E-state index contributed by atoms with van der Waals surface area (Å²) in [5.74, 6) is 0. The second-order valence-corrected chi connectivity index (χ2v) is 2.81. The highest BCUT2D eigenvalue weighted by Gasteiger charge is 2.39. The standard InChI is InChI=1S/C4H8O3S/c1-4(2-3-4)7-8(5)6/h2-3H2,1H3,(H,5,6)/p-1. The average molecular weight is 135 g/mol. The zero-order valence-electron chi connectivity index (χ0n) is 4.55. The van der Waals surface area contributed by atoms with E-state index in [1.807, 2.05) is 0 Å². The van der Waals surface area contributed by atoms with E-state index in [0.717, 1.165) is 12.8 Å². The molecule has 1 atom stereocenters. The minimum absolute atomic E-state index is 0.341. The first kappa shape index (κ1) is 6.19. The van der Waals surface area contributed by atoms with Crippen LogP contribution in [0.15, 0.2) is 0 Å². The van der Waals surface area contributed by atoms with E-state index in [1.54, 1.807) is 6.92 Å². The van der Waals surface area contributed by atoms with E-state index in [4.69, 9.17) is 0 Å². The molecule has 3 nitrogen and oxygen atoms in total. The number of hydrogen-bond acceptors (Lipinski definition) is 3. The average Bonchev–Trinajstić information content (AvgIpc) is 2.17. The van der Waals surface area contributed by atoms with Gasteiger partial charge in [-0.15, -0.1) is 0 Å². The van der Waals surface area contributed by atoms with Gasteiger partial charge in [0.15, 0.2) is 0 Å². The maximum Gasteiger partial charge on any atom is 0.0847 e. The summed E-state index contributed by atoms with van der Waals surface area (Å²) in [6.07, 6.45) is 1.72. The summed E-state index contributed by atoms with van der Waals surface area (Å²) in [6.45, 7) is 1.78. The van der Waals surface area contributed by atoms with Crippen molar-refractivity contribution in [1.82, 2.24) is 0 Å². The molecule has 0 aliphatic heterocycles. The highest BCUT2D eigenvalue weighted by molar-refractivity contribution is 7.74. The lowest BCUT2D eigenvalue weighted by Crippen LogP contribution is -2.09. The van der Waals surface area contributed by atoms with Gasteiger partial charge in [-0.3, -0.25) is 4.18 Å². The molecule has 48 valence electrons. The Morgan fingerprint density at radius 1 is 1.75 bits per heavy atom. The van der Waals surface area contributed by atoms with Crippen LogP contribution >= 0.6 is 0 Å². The van der Waals surface area contributed by atoms with Gasteiger partial charge in [-0.1, -0.05) is 0 Å². The molecule has 1 saturated carbocycles. The van der Waals surface area contributed by atoms with Crippen molar-refractivity contribution in [3.63, 3.8) is 0 Å². The van der Waals surface area contributed by atoms with Gasteiger partial charge >= 0.3 is 0 Å². The number of rotatable bonds is 2. The van der Waals surface area contributed by atoms with Crippen LogP contribution in [0.3, 0.4) is 0 Å². The summed E-state index contributed by atoms with van der Waals surface area (Å²) in [7, 11) is 0. The lowest BCUT2D eigenvalue weighted by molar-refractivity contribution is 0.199. The SMILES string of the molecule is CC1(OS(=O)[O-])CC1. The van der Waals surface area contributed by atoms with Crippen LogP contribution < -0.4 is 0 Å². The molecule has 0 spiro atoms. The molecule has 1 aliphatic carbocycles. The summed E-state index contributed by atoms with van der Waals surface area (Å²) >= 11 is -2.32. The third kappa shape index (κ3) is 1.54. The predicted octanol–water partition coefficient (Wildman–Crippen LogP) is 0.350. The highest BCUT2D eigenvalue weighted by Crippen LogP contribution is 2.38. The van der Waals surface area contributed by atoms with E-state index >= 15 is 0 Å². The van der Waals surface area contributed by atoms with Crippen LogP contribution in [0.5, 0.6) is 0 Å². The Morgan fingerprint density at radius 2 is 2.25 bits per heavy atom. The van der Waals surface area contributed by atoms with Crippen LogP contribution in [-0.4, -0.2) is 14.4 Å². The summed E-state index contributed by atoms with van der Waals surface area (Å²) in [5.41, 5.74) is -0.341. The maximum atomic E-state index is 9.83. The van der Waals surface area contributed by atoms with Crippen LogP contribution in [0.1, 0.15) is 19.8 Å². The van der Waals surface area contributed by atoms with Crippen LogP contribution in [-0.2, 0) is 15.5 Å².